The van der Waals surface area contributed by atoms with Gasteiger partial charge in [0.1, 0.15) is 6.61 Å². The number of likely N-dealkylation sites (tertiary alicyclic amines) is 1. The van der Waals surface area contributed by atoms with Crippen LogP contribution in [0.1, 0.15) is 12.8 Å². The van der Waals surface area contributed by atoms with Gasteiger partial charge >= 0.3 is 6.09 Å². The van der Waals surface area contributed by atoms with Gasteiger partial charge in [-0.3, -0.25) is 4.90 Å². The lowest BCUT2D eigenvalue weighted by atomic mass is 10.1. The Kier molecular flexibility index (Phi) is 7.83. The lowest BCUT2D eigenvalue weighted by molar-refractivity contribution is 0.105. The molecule has 1 aromatic heterocycles. The minimum atomic E-state index is -0.267. The number of imidazole rings is 1. The van der Waals surface area contributed by atoms with Crippen LogP contribution in [-0.2, 0) is 4.74 Å². The number of benzene rings is 1. The molecule has 2 fully saturated rings. The van der Waals surface area contributed by atoms with Crippen LogP contribution in [-0.4, -0.2) is 95.2 Å². The molecule has 2 aliphatic heterocycles. The number of fused-ring (bicyclic) bond motifs is 1. The van der Waals surface area contributed by atoms with Crippen LogP contribution in [0.4, 0.5) is 10.5 Å². The number of carbonyl (C=O) groups is 1. The van der Waals surface area contributed by atoms with Gasteiger partial charge in [0.25, 0.3) is 0 Å². The highest BCUT2D eigenvalue weighted by Gasteiger charge is 2.25. The summed E-state index contributed by atoms with van der Waals surface area (Å²) >= 11 is 8.34. The molecule has 2 N–H and O–H groups in total. The molecule has 10 heteroatoms. The molecule has 32 heavy (non-hydrogen) atoms. The molecule has 0 bridgehead atoms. The van der Waals surface area contributed by atoms with Crippen molar-refractivity contribution in [2.45, 2.75) is 23.2 Å². The average Bonchev–Trinajstić information content (AvgIpc) is 3.19. The van der Waals surface area contributed by atoms with E-state index in [0.717, 1.165) is 72.5 Å². The number of piperazine rings is 1. The number of rotatable bonds is 7. The van der Waals surface area contributed by atoms with Crippen molar-refractivity contribution in [2.75, 3.05) is 63.9 Å². The molecular formula is C22H30ClN5O3S. The standard InChI is InChI=1S/C22H30ClN5O3S/c1-2-13-31-22(30)28-5-3-16(4-6-28)32-21-24-18-14-17(23)20(15-19(18)25-21)27-9-7-26(8-10-27)11-12-29/h2,14-16,29H,1,3-13H2,(H,24,25). The van der Waals surface area contributed by atoms with Crippen LogP contribution in [0.5, 0.6) is 0 Å². The summed E-state index contributed by atoms with van der Waals surface area (Å²) in [4.78, 5) is 26.5. The molecule has 0 spiro atoms. The number of amides is 1. The van der Waals surface area contributed by atoms with Crippen molar-refractivity contribution in [3.05, 3.63) is 29.8 Å². The number of aromatic amines is 1. The van der Waals surface area contributed by atoms with Gasteiger partial charge in [0, 0.05) is 51.1 Å². The van der Waals surface area contributed by atoms with Crippen LogP contribution in [0, 0.1) is 0 Å². The van der Waals surface area contributed by atoms with E-state index >= 15 is 0 Å². The molecule has 0 aliphatic carbocycles. The lowest BCUT2D eigenvalue weighted by Crippen LogP contribution is -2.47. The van der Waals surface area contributed by atoms with E-state index in [2.05, 4.69) is 27.4 Å². The zero-order chi connectivity index (χ0) is 22.5. The lowest BCUT2D eigenvalue weighted by Gasteiger charge is -2.36. The maximum Gasteiger partial charge on any atom is 0.410 e. The Morgan fingerprint density at radius 2 is 2.03 bits per heavy atom. The van der Waals surface area contributed by atoms with E-state index in [1.807, 2.05) is 6.07 Å². The highest BCUT2D eigenvalue weighted by molar-refractivity contribution is 7.99. The number of anilines is 1. The Morgan fingerprint density at radius 3 is 2.72 bits per heavy atom. The molecule has 174 valence electrons. The topological polar surface area (TPSA) is 84.9 Å². The smallest absolute Gasteiger partial charge is 0.410 e. The summed E-state index contributed by atoms with van der Waals surface area (Å²) in [5.41, 5.74) is 2.86. The van der Waals surface area contributed by atoms with Crippen LogP contribution >= 0.6 is 23.4 Å². The zero-order valence-corrected chi connectivity index (χ0v) is 19.7. The van der Waals surface area contributed by atoms with E-state index in [0.29, 0.717) is 18.3 Å². The molecule has 1 aromatic carbocycles. The van der Waals surface area contributed by atoms with Crippen molar-refractivity contribution in [1.82, 2.24) is 19.8 Å². The van der Waals surface area contributed by atoms with Gasteiger partial charge in [-0.25, -0.2) is 9.78 Å². The van der Waals surface area contributed by atoms with E-state index in [1.165, 1.54) is 0 Å². The first-order valence-electron chi connectivity index (χ1n) is 11.0. The summed E-state index contributed by atoms with van der Waals surface area (Å²) < 4.78 is 5.13. The fourth-order valence-electron chi connectivity index (χ4n) is 4.18. The molecule has 2 aliphatic rings. The van der Waals surface area contributed by atoms with Crippen molar-refractivity contribution in [1.29, 1.82) is 0 Å². The minimum Gasteiger partial charge on any atom is -0.445 e. The second kappa shape index (κ2) is 10.8. The van der Waals surface area contributed by atoms with Gasteiger partial charge in [0.15, 0.2) is 5.16 Å². The first-order valence-corrected chi connectivity index (χ1v) is 12.3. The molecule has 0 radical (unpaired) electrons. The quantitative estimate of drug-likeness (QED) is 0.590. The van der Waals surface area contributed by atoms with Gasteiger partial charge in [-0.05, 0) is 25.0 Å². The molecule has 3 heterocycles. The number of H-pyrrole nitrogens is 1. The van der Waals surface area contributed by atoms with Crippen LogP contribution in [0.3, 0.4) is 0 Å². The number of aromatic nitrogens is 2. The number of carbonyl (C=O) groups excluding carboxylic acids is 1. The van der Waals surface area contributed by atoms with E-state index in [4.69, 9.17) is 26.4 Å². The summed E-state index contributed by atoms with van der Waals surface area (Å²) in [5, 5.41) is 11.1. The first kappa shape index (κ1) is 23.2. The molecule has 0 atom stereocenters. The number of nitrogens with one attached hydrogen (secondary N) is 1. The molecule has 8 nitrogen and oxygen atoms in total. The number of halogens is 1. The largest absolute Gasteiger partial charge is 0.445 e. The maximum absolute atomic E-state index is 12.0. The zero-order valence-electron chi connectivity index (χ0n) is 18.1. The minimum absolute atomic E-state index is 0.193. The highest BCUT2D eigenvalue weighted by Crippen LogP contribution is 2.34. The second-order valence-electron chi connectivity index (χ2n) is 8.08. The van der Waals surface area contributed by atoms with Crippen LogP contribution in [0.15, 0.2) is 29.9 Å². The third-order valence-electron chi connectivity index (χ3n) is 5.96. The predicted octanol–water partition coefficient (Wildman–Crippen LogP) is 3.21. The van der Waals surface area contributed by atoms with Crippen LogP contribution in [0.25, 0.3) is 11.0 Å². The van der Waals surface area contributed by atoms with Gasteiger partial charge in [-0.1, -0.05) is 36.0 Å². The van der Waals surface area contributed by atoms with Gasteiger partial charge in [-0.15, -0.1) is 0 Å². The van der Waals surface area contributed by atoms with E-state index < -0.39 is 0 Å². The van der Waals surface area contributed by atoms with Gasteiger partial charge in [-0.2, -0.15) is 0 Å². The fraction of sp³-hybridized carbons (Fsp3) is 0.545. The Labute approximate surface area is 197 Å². The predicted molar refractivity (Wildman–Crippen MR) is 129 cm³/mol. The van der Waals surface area contributed by atoms with Crippen molar-refractivity contribution in [3.8, 4) is 0 Å². The monoisotopic (exact) mass is 479 g/mol. The van der Waals surface area contributed by atoms with Gasteiger partial charge in [0.2, 0.25) is 0 Å². The number of nitrogens with zero attached hydrogens (tertiary/aromatic N) is 4. The van der Waals surface area contributed by atoms with Gasteiger partial charge < -0.3 is 24.6 Å². The SMILES string of the molecule is C=CCOC(=O)N1CCC(Sc2nc3cc(N4CCN(CCO)CC4)c(Cl)cc3[nH]2)CC1. The molecule has 1 amide bonds. The van der Waals surface area contributed by atoms with E-state index in [1.54, 1.807) is 22.7 Å². The summed E-state index contributed by atoms with van der Waals surface area (Å²) in [6, 6.07) is 4.03. The molecule has 4 rings (SSSR count). The number of aliphatic hydroxyl groups is 1. The third kappa shape index (κ3) is 5.51. The molecular weight excluding hydrogens is 450 g/mol. The molecule has 2 aromatic rings. The van der Waals surface area contributed by atoms with Gasteiger partial charge in [0.05, 0.1) is 28.4 Å². The number of ether oxygens (including phenoxy) is 1. The molecule has 0 unspecified atom stereocenters. The number of piperidine rings is 1. The Bertz CT molecular complexity index is 939. The van der Waals surface area contributed by atoms with Crippen molar-refractivity contribution >= 4 is 46.2 Å². The Morgan fingerprint density at radius 1 is 1.28 bits per heavy atom. The average molecular weight is 480 g/mol. The normalized spacial score (nSPS) is 18.3. The number of thioether (sulfide) groups is 1. The van der Waals surface area contributed by atoms with E-state index in [9.17, 15) is 4.79 Å². The Balaban J connectivity index is 1.36. The first-order chi connectivity index (χ1) is 15.6. The summed E-state index contributed by atoms with van der Waals surface area (Å²) in [7, 11) is 0. The fourth-order valence-corrected chi connectivity index (χ4v) is 5.55. The van der Waals surface area contributed by atoms with Crippen molar-refractivity contribution < 1.29 is 14.6 Å². The van der Waals surface area contributed by atoms with Crippen LogP contribution in [0.2, 0.25) is 5.02 Å². The number of hydrogen-bond donors (Lipinski definition) is 2. The third-order valence-corrected chi connectivity index (χ3v) is 7.49. The van der Waals surface area contributed by atoms with Crippen molar-refractivity contribution in [3.63, 3.8) is 0 Å². The highest BCUT2D eigenvalue weighted by atomic mass is 35.5. The van der Waals surface area contributed by atoms with Crippen molar-refractivity contribution in [2.24, 2.45) is 0 Å². The summed E-state index contributed by atoms with van der Waals surface area (Å²) in [6.45, 7) is 9.69. The molecule has 0 saturated carbocycles. The maximum atomic E-state index is 12.0. The number of hydrogen-bond acceptors (Lipinski definition) is 7. The second-order valence-corrected chi connectivity index (χ2v) is 9.78. The Hall–Kier alpha value is -1.94. The summed E-state index contributed by atoms with van der Waals surface area (Å²) in [5.74, 6) is 0. The summed E-state index contributed by atoms with van der Waals surface area (Å²) in [6.07, 6.45) is 3.11. The number of aliphatic hydroxyl groups excluding tert-OH is 1. The number of β-amino-alcohol motifs (C(OH)–C–C–N with tert-alkyl or cyclic N) is 1. The molecule has 2 saturated heterocycles. The van der Waals surface area contributed by atoms with E-state index in [-0.39, 0.29) is 19.3 Å². The van der Waals surface area contributed by atoms with Crippen LogP contribution < -0.4 is 4.90 Å².